The van der Waals surface area contributed by atoms with Crippen LogP contribution in [0.15, 0.2) is 43.0 Å². The zero-order valence-corrected chi connectivity index (χ0v) is 23.1. The molecule has 2 aliphatic carbocycles. The van der Waals surface area contributed by atoms with Crippen LogP contribution in [-0.4, -0.2) is 65.2 Å². The average molecular weight is 561 g/mol. The highest BCUT2D eigenvalue weighted by atomic mass is 31.2. The van der Waals surface area contributed by atoms with Crippen LogP contribution in [0.2, 0.25) is 0 Å². The van der Waals surface area contributed by atoms with Crippen LogP contribution in [-0.2, 0) is 18.6 Å². The molecule has 210 valence electrons. The van der Waals surface area contributed by atoms with Crippen LogP contribution >= 0.6 is 7.75 Å². The molecule has 39 heavy (non-hydrogen) atoms. The molecular weight excluding hydrogens is 527 g/mol. The molecule has 0 spiro atoms. The second kappa shape index (κ2) is 9.53. The van der Waals surface area contributed by atoms with Gasteiger partial charge < -0.3 is 29.8 Å². The molecule has 0 bridgehead atoms. The van der Waals surface area contributed by atoms with Crippen LogP contribution in [0.4, 0.5) is 5.82 Å². The van der Waals surface area contributed by atoms with Crippen LogP contribution in [0.1, 0.15) is 40.7 Å². The number of carbonyl (C=O) groups excluding carboxylic acids is 1. The van der Waals surface area contributed by atoms with Gasteiger partial charge in [0.15, 0.2) is 11.5 Å². The van der Waals surface area contributed by atoms with Gasteiger partial charge in [-0.2, -0.15) is 5.09 Å². The number of ether oxygens (including phenoxy) is 1. The summed E-state index contributed by atoms with van der Waals surface area (Å²) in [5.74, 6) is -1.22. The second-order valence-electron chi connectivity index (χ2n) is 10.6. The lowest BCUT2D eigenvalue weighted by atomic mass is 9.87. The fraction of sp³-hybridized carbons (Fsp3) is 0.520. The van der Waals surface area contributed by atoms with E-state index in [1.54, 1.807) is 48.7 Å². The summed E-state index contributed by atoms with van der Waals surface area (Å²) in [6, 6.07) is 6.61. The maximum absolute atomic E-state index is 14.0. The molecule has 2 heterocycles. The van der Waals surface area contributed by atoms with Crippen molar-refractivity contribution in [1.29, 1.82) is 0 Å². The Morgan fingerprint density at radius 2 is 1.87 bits per heavy atom. The lowest BCUT2D eigenvalue weighted by molar-refractivity contribution is -0.149. The Morgan fingerprint density at radius 1 is 1.18 bits per heavy atom. The third kappa shape index (κ3) is 4.48. The molecule has 5 rings (SSSR count). The van der Waals surface area contributed by atoms with E-state index in [-0.39, 0.29) is 23.6 Å². The van der Waals surface area contributed by atoms with Crippen LogP contribution in [0.25, 0.3) is 11.2 Å². The summed E-state index contributed by atoms with van der Waals surface area (Å²) in [6.07, 6.45) is 1.36. The Balaban J connectivity index is 1.43. The number of aliphatic hydroxyl groups is 2. The number of nitrogens with two attached hydrogens (primary N) is 1. The van der Waals surface area contributed by atoms with Gasteiger partial charge in [-0.25, -0.2) is 19.5 Å². The maximum Gasteiger partial charge on any atom is 0.459 e. The quantitative estimate of drug-likeness (QED) is 0.221. The third-order valence-electron chi connectivity index (χ3n) is 7.58. The SMILES string of the molecule is CC(C)OC(=O)[C@H](C)N[P@@](=O)(Oc1ccccc1)OC1[C@H]2[C@H](C)[C@@H](n3cnc4c(N)ncnc43)[C@](C)(O)[C@@]12O. The number of carbonyl (C=O) groups is 1. The highest BCUT2D eigenvalue weighted by Crippen LogP contribution is 2.71. The van der Waals surface area contributed by atoms with Gasteiger partial charge in [-0.05, 0) is 45.7 Å². The molecule has 3 aromatic rings. The molecule has 2 fully saturated rings. The predicted octanol–water partition coefficient (Wildman–Crippen LogP) is 2.21. The summed E-state index contributed by atoms with van der Waals surface area (Å²) < 4.78 is 32.6. The first-order valence-corrected chi connectivity index (χ1v) is 14.2. The lowest BCUT2D eigenvalue weighted by Crippen LogP contribution is -2.49. The van der Waals surface area contributed by atoms with E-state index >= 15 is 0 Å². The van der Waals surface area contributed by atoms with Crippen molar-refractivity contribution in [3.05, 3.63) is 43.0 Å². The Labute approximate surface area is 225 Å². The average Bonchev–Trinajstić information content (AvgIpc) is 3.15. The first kappa shape index (κ1) is 27.5. The second-order valence-corrected chi connectivity index (χ2v) is 12.3. The summed E-state index contributed by atoms with van der Waals surface area (Å²) in [4.78, 5) is 25.0. The fourth-order valence-electron chi connectivity index (χ4n) is 5.83. The number of hydrogen-bond acceptors (Lipinski definition) is 11. The molecular formula is C25H33N6O7P. The first-order valence-electron chi connectivity index (χ1n) is 12.7. The molecule has 0 amide bonds. The van der Waals surface area contributed by atoms with Gasteiger partial charge in [0, 0.05) is 5.92 Å². The van der Waals surface area contributed by atoms with Gasteiger partial charge in [-0.3, -0.25) is 9.32 Å². The molecule has 0 saturated heterocycles. The van der Waals surface area contributed by atoms with E-state index < -0.39 is 49.0 Å². The number of para-hydroxylation sites is 1. The van der Waals surface area contributed by atoms with Crippen molar-refractivity contribution >= 4 is 30.7 Å². The summed E-state index contributed by atoms with van der Waals surface area (Å²) in [7, 11) is -4.27. The number of esters is 1. The minimum absolute atomic E-state index is 0.198. The van der Waals surface area contributed by atoms with Gasteiger partial charge in [-0.15, -0.1) is 0 Å². The molecule has 1 aromatic carbocycles. The van der Waals surface area contributed by atoms with Crippen LogP contribution in [0.3, 0.4) is 0 Å². The molecule has 8 atom stereocenters. The summed E-state index contributed by atoms with van der Waals surface area (Å²) in [5, 5.41) is 26.1. The van der Waals surface area contributed by atoms with E-state index in [1.807, 2.05) is 6.92 Å². The number of fused-ring (bicyclic) bond motifs is 2. The Kier molecular flexibility index (Phi) is 6.71. The molecule has 2 aliphatic rings. The number of nitrogens with zero attached hydrogens (tertiary/aromatic N) is 4. The van der Waals surface area contributed by atoms with Crippen LogP contribution < -0.4 is 15.3 Å². The van der Waals surface area contributed by atoms with Crippen LogP contribution in [0.5, 0.6) is 5.75 Å². The minimum Gasteiger partial charge on any atom is -0.462 e. The predicted molar refractivity (Wildman–Crippen MR) is 140 cm³/mol. The van der Waals surface area contributed by atoms with E-state index in [0.29, 0.717) is 11.2 Å². The van der Waals surface area contributed by atoms with E-state index in [9.17, 15) is 19.6 Å². The van der Waals surface area contributed by atoms with Crippen molar-refractivity contribution in [2.75, 3.05) is 5.73 Å². The van der Waals surface area contributed by atoms with Gasteiger partial charge in [0.1, 0.15) is 40.9 Å². The minimum atomic E-state index is -4.27. The van der Waals surface area contributed by atoms with E-state index in [1.165, 1.54) is 26.5 Å². The monoisotopic (exact) mass is 560 g/mol. The summed E-state index contributed by atoms with van der Waals surface area (Å²) >= 11 is 0. The fourth-order valence-corrected chi connectivity index (χ4v) is 7.56. The molecule has 2 aromatic heterocycles. The molecule has 0 aliphatic heterocycles. The van der Waals surface area contributed by atoms with Crippen LogP contribution in [0, 0.1) is 11.8 Å². The highest BCUT2D eigenvalue weighted by molar-refractivity contribution is 7.52. The number of nitrogen functional groups attached to an aromatic ring is 1. The number of aromatic nitrogens is 4. The van der Waals surface area contributed by atoms with Gasteiger partial charge in [0.2, 0.25) is 0 Å². The number of anilines is 1. The number of hydrogen-bond donors (Lipinski definition) is 4. The molecule has 1 unspecified atom stereocenters. The standard InChI is InChI=1S/C25H33N6O7P/c1-13(2)36-23(32)15(4)30-39(35,37-16-9-7-6-8-10-16)38-20-17-14(3)19(24(5,33)25(17,20)34)31-12-29-18-21(26)27-11-28-22(18)31/h6-15,17,19-20,33-34H,1-5H3,(H,30,35)(H2,26,27,28)/t14-,15-,17+,19+,20?,24-,25-,39+/m0/s1. The number of rotatable bonds is 9. The van der Waals surface area contributed by atoms with E-state index in [4.69, 9.17) is 19.5 Å². The summed E-state index contributed by atoms with van der Waals surface area (Å²) in [6.45, 7) is 8.22. The number of benzene rings is 1. The maximum atomic E-state index is 14.0. The van der Waals surface area contributed by atoms with Gasteiger partial charge in [0.25, 0.3) is 0 Å². The normalized spacial score (nSPS) is 32.0. The Morgan fingerprint density at radius 3 is 2.49 bits per heavy atom. The molecule has 5 N–H and O–H groups in total. The van der Waals surface area contributed by atoms with E-state index in [2.05, 4.69) is 20.0 Å². The zero-order valence-electron chi connectivity index (χ0n) is 22.3. The van der Waals surface area contributed by atoms with Crippen molar-refractivity contribution in [3.8, 4) is 5.75 Å². The molecule has 13 nitrogen and oxygen atoms in total. The largest absolute Gasteiger partial charge is 0.462 e. The molecule has 14 heteroatoms. The van der Waals surface area contributed by atoms with Crippen molar-refractivity contribution in [2.24, 2.45) is 11.8 Å². The lowest BCUT2D eigenvalue weighted by Gasteiger charge is -2.37. The first-order chi connectivity index (χ1) is 18.3. The van der Waals surface area contributed by atoms with Gasteiger partial charge >= 0.3 is 13.7 Å². The highest BCUT2D eigenvalue weighted by Gasteiger charge is 2.84. The molecule has 0 radical (unpaired) electrons. The Hall–Kier alpha value is -3.09. The number of imidazole rings is 1. The van der Waals surface area contributed by atoms with Crippen molar-refractivity contribution in [1.82, 2.24) is 24.6 Å². The third-order valence-corrected chi connectivity index (χ3v) is 9.23. The van der Waals surface area contributed by atoms with Crippen molar-refractivity contribution in [3.63, 3.8) is 0 Å². The number of nitrogens with one attached hydrogen (secondary N) is 1. The molecule has 2 saturated carbocycles. The van der Waals surface area contributed by atoms with E-state index in [0.717, 1.165) is 0 Å². The smallest absolute Gasteiger partial charge is 0.459 e. The topological polar surface area (TPSA) is 184 Å². The Bertz CT molecular complexity index is 1430. The summed E-state index contributed by atoms with van der Waals surface area (Å²) in [5.41, 5.74) is 3.19. The zero-order chi connectivity index (χ0) is 28.3. The van der Waals surface area contributed by atoms with Gasteiger partial charge in [-0.1, -0.05) is 25.1 Å². The van der Waals surface area contributed by atoms with Crippen molar-refractivity contribution in [2.45, 2.75) is 70.1 Å². The van der Waals surface area contributed by atoms with Crippen molar-refractivity contribution < 1.29 is 33.4 Å². The van der Waals surface area contributed by atoms with Gasteiger partial charge in [0.05, 0.1) is 18.5 Å².